The first-order valence-corrected chi connectivity index (χ1v) is 7.74. The van der Waals surface area contributed by atoms with Crippen molar-refractivity contribution in [3.05, 3.63) is 42.0 Å². The van der Waals surface area contributed by atoms with Gasteiger partial charge >= 0.3 is 0 Å². The highest BCUT2D eigenvalue weighted by Gasteiger charge is 2.19. The fourth-order valence-electron chi connectivity index (χ4n) is 2.07. The largest absolute Gasteiger partial charge is 0.506 e. The number of hydrogen-bond acceptors (Lipinski definition) is 2. The van der Waals surface area contributed by atoms with Gasteiger partial charge in [0.25, 0.3) is 5.91 Å². The van der Waals surface area contributed by atoms with Crippen LogP contribution in [0.2, 0.25) is 0 Å². The zero-order valence-corrected chi connectivity index (χ0v) is 13.1. The van der Waals surface area contributed by atoms with E-state index in [0.717, 1.165) is 5.39 Å². The van der Waals surface area contributed by atoms with Crippen LogP contribution in [0.3, 0.4) is 0 Å². The van der Waals surface area contributed by atoms with Crippen molar-refractivity contribution in [2.75, 3.05) is 5.33 Å². The summed E-state index contributed by atoms with van der Waals surface area (Å²) in [6.07, 6.45) is 0. The maximum absolute atomic E-state index is 12.3. The zero-order valence-electron chi connectivity index (χ0n) is 11.6. The van der Waals surface area contributed by atoms with E-state index in [9.17, 15) is 9.90 Å². The second-order valence-corrected chi connectivity index (χ2v) is 5.81. The zero-order chi connectivity index (χ0) is 14.7. The summed E-state index contributed by atoms with van der Waals surface area (Å²) >= 11 is 3.40. The molecular formula is C16H18BrNO2. The summed E-state index contributed by atoms with van der Waals surface area (Å²) in [4.78, 5) is 12.3. The van der Waals surface area contributed by atoms with Gasteiger partial charge < -0.3 is 10.4 Å². The molecule has 2 aromatic carbocycles. The number of nitrogens with one attached hydrogen (secondary N) is 1. The molecule has 0 bridgehead atoms. The first-order valence-electron chi connectivity index (χ1n) is 6.62. The minimum atomic E-state index is -0.244. The molecule has 2 N–H and O–H groups in total. The maximum atomic E-state index is 12.3. The van der Waals surface area contributed by atoms with Crippen molar-refractivity contribution in [3.8, 4) is 5.75 Å². The fraction of sp³-hybridized carbons (Fsp3) is 0.312. The Balaban J connectivity index is 2.33. The predicted octanol–water partition coefficient (Wildman–Crippen LogP) is 3.69. The lowest BCUT2D eigenvalue weighted by atomic mass is 10.0. The smallest absolute Gasteiger partial charge is 0.255 e. The molecular weight excluding hydrogens is 318 g/mol. The Bertz CT molecular complexity index is 625. The molecule has 0 saturated heterocycles. The molecule has 2 rings (SSSR count). The highest BCUT2D eigenvalue weighted by Crippen LogP contribution is 2.28. The van der Waals surface area contributed by atoms with Crippen LogP contribution >= 0.6 is 15.9 Å². The van der Waals surface area contributed by atoms with Crippen LogP contribution in [0.1, 0.15) is 24.2 Å². The van der Waals surface area contributed by atoms with Crippen molar-refractivity contribution >= 4 is 32.6 Å². The highest BCUT2D eigenvalue weighted by atomic mass is 79.9. The van der Waals surface area contributed by atoms with Crippen LogP contribution in [0.4, 0.5) is 0 Å². The molecule has 1 amide bonds. The lowest BCUT2D eigenvalue weighted by Crippen LogP contribution is -2.39. The third kappa shape index (κ3) is 2.96. The normalized spacial score (nSPS) is 12.6. The molecule has 0 aliphatic rings. The summed E-state index contributed by atoms with van der Waals surface area (Å²) < 4.78 is 0. The van der Waals surface area contributed by atoms with Crippen LogP contribution in [0.5, 0.6) is 5.75 Å². The van der Waals surface area contributed by atoms with Crippen LogP contribution in [0, 0.1) is 5.92 Å². The minimum absolute atomic E-state index is 0.0355. The molecule has 1 atom stereocenters. The SMILES string of the molecule is CC(C)C(CBr)NC(=O)c1ccc2ccccc2c1O. The molecule has 20 heavy (non-hydrogen) atoms. The van der Waals surface area contributed by atoms with Crippen molar-refractivity contribution < 1.29 is 9.90 Å². The predicted molar refractivity (Wildman–Crippen MR) is 85.5 cm³/mol. The third-order valence-electron chi connectivity index (χ3n) is 3.43. The molecule has 0 heterocycles. The number of carbonyl (C=O) groups excluding carboxylic acids is 1. The number of phenols is 1. The molecule has 0 fully saturated rings. The summed E-state index contributed by atoms with van der Waals surface area (Å²) in [5.41, 5.74) is 0.315. The molecule has 2 aromatic rings. The van der Waals surface area contributed by atoms with Crippen LogP contribution < -0.4 is 5.32 Å². The Labute approximate surface area is 127 Å². The Hall–Kier alpha value is -1.55. The van der Waals surface area contributed by atoms with E-state index < -0.39 is 0 Å². The van der Waals surface area contributed by atoms with Gasteiger partial charge in [-0.05, 0) is 17.4 Å². The summed E-state index contributed by atoms with van der Waals surface area (Å²) in [5.74, 6) is 0.116. The summed E-state index contributed by atoms with van der Waals surface area (Å²) in [5, 5.41) is 15.5. The highest BCUT2D eigenvalue weighted by molar-refractivity contribution is 9.09. The van der Waals surface area contributed by atoms with Gasteiger partial charge in [-0.25, -0.2) is 0 Å². The number of hydrogen-bond donors (Lipinski definition) is 2. The molecule has 0 aliphatic heterocycles. The van der Waals surface area contributed by atoms with Gasteiger partial charge in [0.1, 0.15) is 5.75 Å². The van der Waals surface area contributed by atoms with Crippen LogP contribution in [-0.2, 0) is 0 Å². The Morgan fingerprint density at radius 1 is 1.25 bits per heavy atom. The van der Waals surface area contributed by atoms with Crippen LogP contribution in [0.15, 0.2) is 36.4 Å². The number of amides is 1. The molecule has 0 saturated carbocycles. The molecule has 106 valence electrons. The van der Waals surface area contributed by atoms with Gasteiger partial charge in [-0.15, -0.1) is 0 Å². The average molecular weight is 336 g/mol. The van der Waals surface area contributed by atoms with Crippen molar-refractivity contribution in [2.24, 2.45) is 5.92 Å². The lowest BCUT2D eigenvalue weighted by Gasteiger charge is -2.20. The third-order valence-corrected chi connectivity index (χ3v) is 4.13. The standard InChI is InChI=1S/C16H18BrNO2/c1-10(2)14(9-17)18-16(20)13-8-7-11-5-3-4-6-12(11)15(13)19/h3-8,10,14,19H,9H2,1-2H3,(H,18,20). The van der Waals surface area contributed by atoms with E-state index in [4.69, 9.17) is 0 Å². The summed E-state index contributed by atoms with van der Waals surface area (Å²) in [7, 11) is 0. The Kier molecular flexibility index (Phi) is 4.65. The number of aromatic hydroxyl groups is 1. The van der Waals surface area contributed by atoms with Crippen molar-refractivity contribution in [2.45, 2.75) is 19.9 Å². The van der Waals surface area contributed by atoms with Gasteiger partial charge in [-0.1, -0.05) is 60.1 Å². The average Bonchev–Trinajstić information content (AvgIpc) is 2.44. The number of halogens is 1. The van der Waals surface area contributed by atoms with E-state index in [2.05, 4.69) is 21.2 Å². The Morgan fingerprint density at radius 2 is 1.95 bits per heavy atom. The molecule has 0 aromatic heterocycles. The summed E-state index contributed by atoms with van der Waals surface area (Å²) in [6, 6.07) is 11.0. The molecule has 0 radical (unpaired) electrons. The van der Waals surface area contributed by atoms with E-state index in [1.807, 2.05) is 44.2 Å². The fourth-order valence-corrected chi connectivity index (χ4v) is 2.98. The van der Waals surface area contributed by atoms with Crippen LogP contribution in [-0.4, -0.2) is 22.4 Å². The number of carbonyl (C=O) groups is 1. The van der Waals surface area contributed by atoms with E-state index in [-0.39, 0.29) is 17.7 Å². The van der Waals surface area contributed by atoms with E-state index in [1.54, 1.807) is 6.07 Å². The lowest BCUT2D eigenvalue weighted by molar-refractivity contribution is 0.0929. The molecule has 1 unspecified atom stereocenters. The van der Waals surface area contributed by atoms with Gasteiger partial charge in [0.2, 0.25) is 0 Å². The van der Waals surface area contributed by atoms with E-state index in [1.165, 1.54) is 0 Å². The first-order chi connectivity index (χ1) is 9.54. The second kappa shape index (κ2) is 6.27. The van der Waals surface area contributed by atoms with Crippen molar-refractivity contribution in [1.82, 2.24) is 5.32 Å². The number of benzene rings is 2. The van der Waals surface area contributed by atoms with Gasteiger partial charge in [0, 0.05) is 16.8 Å². The van der Waals surface area contributed by atoms with E-state index >= 15 is 0 Å². The monoisotopic (exact) mass is 335 g/mol. The number of alkyl halides is 1. The van der Waals surface area contributed by atoms with Crippen molar-refractivity contribution in [3.63, 3.8) is 0 Å². The number of phenolic OH excluding ortho intramolecular Hbond substituents is 1. The quantitative estimate of drug-likeness (QED) is 0.837. The van der Waals surface area contributed by atoms with Gasteiger partial charge in [-0.2, -0.15) is 0 Å². The number of fused-ring (bicyclic) bond motifs is 1. The topological polar surface area (TPSA) is 49.3 Å². The van der Waals surface area contributed by atoms with Gasteiger partial charge in [0.05, 0.1) is 5.56 Å². The van der Waals surface area contributed by atoms with Gasteiger partial charge in [-0.3, -0.25) is 4.79 Å². The van der Waals surface area contributed by atoms with Gasteiger partial charge in [0.15, 0.2) is 0 Å². The molecule has 4 heteroatoms. The number of rotatable bonds is 4. The van der Waals surface area contributed by atoms with E-state index in [0.29, 0.717) is 22.2 Å². The summed E-state index contributed by atoms with van der Waals surface area (Å²) in [6.45, 7) is 4.10. The molecule has 0 spiro atoms. The second-order valence-electron chi connectivity index (χ2n) is 5.16. The Morgan fingerprint density at radius 3 is 2.60 bits per heavy atom. The molecule has 0 aliphatic carbocycles. The van der Waals surface area contributed by atoms with Crippen LogP contribution in [0.25, 0.3) is 10.8 Å². The maximum Gasteiger partial charge on any atom is 0.255 e. The molecule has 3 nitrogen and oxygen atoms in total. The van der Waals surface area contributed by atoms with Crippen molar-refractivity contribution in [1.29, 1.82) is 0 Å². The first kappa shape index (κ1) is 14.9. The minimum Gasteiger partial charge on any atom is -0.506 e.